The quantitative estimate of drug-likeness (QED) is 0.246. The van der Waals surface area contributed by atoms with Crippen molar-refractivity contribution < 1.29 is 0 Å². The van der Waals surface area contributed by atoms with E-state index in [1.54, 1.807) is 0 Å². The molecule has 0 saturated carbocycles. The molecule has 6 fully saturated rings. The monoisotopic (exact) mass is 845 g/mol. The number of piperidine rings is 1. The van der Waals surface area contributed by atoms with E-state index in [2.05, 4.69) is 112 Å². The van der Waals surface area contributed by atoms with Crippen LogP contribution in [0.1, 0.15) is 237 Å². The van der Waals surface area contributed by atoms with E-state index in [9.17, 15) is 0 Å². The smallest absolute Gasteiger partial charge is 0.0113 e. The lowest BCUT2D eigenvalue weighted by atomic mass is 10.1. The third kappa shape index (κ3) is 45.6. The lowest BCUT2D eigenvalue weighted by Gasteiger charge is -2.34. The Morgan fingerprint density at radius 2 is 0.288 bits per heavy atom. The van der Waals surface area contributed by atoms with Gasteiger partial charge in [-0.2, -0.15) is 0 Å². The molecule has 0 amide bonds. The molecule has 6 rings (SSSR count). The lowest BCUT2D eigenvalue weighted by molar-refractivity contribution is 0.138. The van der Waals surface area contributed by atoms with Crippen molar-refractivity contribution >= 4 is 0 Å². The van der Waals surface area contributed by atoms with Crippen LogP contribution in [0.4, 0.5) is 0 Å². The minimum Gasteiger partial charge on any atom is -0.301 e. The predicted octanol–water partition coefficient (Wildman–Crippen LogP) is 14.7. The summed E-state index contributed by atoms with van der Waals surface area (Å²) in [7, 11) is 0. The van der Waals surface area contributed by atoms with Crippen LogP contribution in [0, 0.1) is 0 Å². The Morgan fingerprint density at radius 1 is 0.169 bits per heavy atom. The van der Waals surface area contributed by atoms with E-state index in [0.717, 1.165) is 36.3 Å². The Kier molecular flexibility index (Phi) is 64.3. The van der Waals surface area contributed by atoms with E-state index in [1.165, 1.54) is 149 Å². The standard InChI is InChI=1S/C9H19N.C8H17N.C7H15N.2C6H13N.C5H11N.6C2H6/c1-9(2)10-7-5-3-4-6-8-10;1-8(2)9-6-4-3-5-7-9;1-7(2)8-5-3-4-6-8;2*1-6(2)7-4-3-5-7;1-5(2)6-3-4-6;6*1-2/h9H,3-8H2,1-2H3;8H,3-7H2,1-2H3;7H,3-6H2,1-2H3;2*6H,3-5H2,1-2H3;5H,3-4H2,1-2H3;6*1-2H3. The van der Waals surface area contributed by atoms with Gasteiger partial charge in [0.1, 0.15) is 0 Å². The molecule has 0 N–H and O–H groups in total. The molecule has 0 radical (unpaired) electrons. The summed E-state index contributed by atoms with van der Waals surface area (Å²) in [6, 6.07) is 4.67. The van der Waals surface area contributed by atoms with Crippen molar-refractivity contribution in [2.24, 2.45) is 0 Å². The molecule has 59 heavy (non-hydrogen) atoms. The van der Waals surface area contributed by atoms with Gasteiger partial charge in [0.05, 0.1) is 0 Å². The average Bonchev–Trinajstić information content (AvgIpc) is 4.00. The number of hydrogen-bond donors (Lipinski definition) is 0. The number of rotatable bonds is 6. The second kappa shape index (κ2) is 53.9. The molecule has 0 aliphatic carbocycles. The van der Waals surface area contributed by atoms with Crippen molar-refractivity contribution in [2.75, 3.05) is 78.5 Å². The molecule has 6 heteroatoms. The number of hydrogen-bond acceptors (Lipinski definition) is 6. The Morgan fingerprint density at radius 3 is 0.390 bits per heavy atom. The van der Waals surface area contributed by atoms with Gasteiger partial charge < -0.3 is 24.5 Å². The minimum absolute atomic E-state index is 0.762. The highest BCUT2D eigenvalue weighted by atomic mass is 15.3. The number of nitrogens with zero attached hydrogens (tertiary/aromatic N) is 6. The zero-order valence-corrected chi connectivity index (χ0v) is 46.4. The first-order valence-electron chi connectivity index (χ1n) is 26.8. The minimum atomic E-state index is 0.762. The van der Waals surface area contributed by atoms with Crippen LogP contribution in [0.3, 0.4) is 0 Å². The molecule has 0 aromatic heterocycles. The summed E-state index contributed by atoms with van der Waals surface area (Å²) in [6.45, 7) is 67.1. The second-order valence-electron chi connectivity index (χ2n) is 16.7. The molecular weight excluding hydrogens is 721 g/mol. The zero-order chi connectivity index (χ0) is 47.2. The van der Waals surface area contributed by atoms with Gasteiger partial charge in [-0.1, -0.05) is 102 Å². The van der Waals surface area contributed by atoms with Gasteiger partial charge in [-0.3, -0.25) is 4.90 Å². The van der Waals surface area contributed by atoms with Crippen LogP contribution in [0.25, 0.3) is 0 Å². The van der Waals surface area contributed by atoms with Crippen molar-refractivity contribution in [3.63, 3.8) is 0 Å². The van der Waals surface area contributed by atoms with Crippen LogP contribution in [0.5, 0.6) is 0 Å². The van der Waals surface area contributed by atoms with Gasteiger partial charge in [0.15, 0.2) is 0 Å². The molecule has 0 spiro atoms. The molecular formula is C53H124N6. The van der Waals surface area contributed by atoms with Crippen LogP contribution in [-0.4, -0.2) is 144 Å². The van der Waals surface area contributed by atoms with Crippen molar-refractivity contribution in [3.05, 3.63) is 0 Å². The van der Waals surface area contributed by atoms with Crippen LogP contribution in [0.15, 0.2) is 0 Å². The third-order valence-electron chi connectivity index (χ3n) is 10.8. The highest BCUT2D eigenvalue weighted by Crippen LogP contribution is 2.13. The van der Waals surface area contributed by atoms with E-state index in [-0.39, 0.29) is 0 Å². The first kappa shape index (κ1) is 70.4. The molecule has 6 saturated heterocycles. The Balaban J connectivity index is -0.000000136. The van der Waals surface area contributed by atoms with Gasteiger partial charge in [0, 0.05) is 49.3 Å². The molecule has 6 aliphatic heterocycles. The maximum Gasteiger partial charge on any atom is 0.0113 e. The molecule has 0 aromatic rings. The second-order valence-corrected chi connectivity index (χ2v) is 16.7. The first-order valence-corrected chi connectivity index (χ1v) is 26.8. The van der Waals surface area contributed by atoms with E-state index >= 15 is 0 Å². The Hall–Kier alpha value is -0.240. The topological polar surface area (TPSA) is 19.2 Å². The lowest BCUT2D eigenvalue weighted by Crippen LogP contribution is -2.41. The number of likely N-dealkylation sites (tertiary alicyclic amines) is 5. The molecule has 6 heterocycles. The molecule has 0 bridgehead atoms. The molecule has 0 atom stereocenters. The fourth-order valence-electron chi connectivity index (χ4n) is 6.59. The summed E-state index contributed by atoms with van der Waals surface area (Å²) in [6.07, 6.45) is 15.7. The van der Waals surface area contributed by atoms with E-state index < -0.39 is 0 Å². The average molecular weight is 846 g/mol. The molecule has 0 aromatic carbocycles. The third-order valence-corrected chi connectivity index (χ3v) is 10.8. The maximum absolute atomic E-state index is 2.59. The van der Waals surface area contributed by atoms with E-state index in [1.807, 2.05) is 83.1 Å². The predicted molar refractivity (Wildman–Crippen MR) is 279 cm³/mol. The van der Waals surface area contributed by atoms with Crippen LogP contribution < -0.4 is 0 Å². The summed E-state index contributed by atoms with van der Waals surface area (Å²) in [5, 5.41) is 0. The van der Waals surface area contributed by atoms with Gasteiger partial charge in [-0.25, -0.2) is 0 Å². The van der Waals surface area contributed by atoms with Crippen molar-refractivity contribution in [1.29, 1.82) is 0 Å². The molecule has 366 valence electrons. The Labute approximate surface area is 379 Å². The largest absolute Gasteiger partial charge is 0.301 e. The van der Waals surface area contributed by atoms with Crippen LogP contribution >= 0.6 is 0 Å². The van der Waals surface area contributed by atoms with Crippen LogP contribution in [-0.2, 0) is 0 Å². The summed E-state index contributed by atoms with van der Waals surface area (Å²) < 4.78 is 0. The highest BCUT2D eigenvalue weighted by molar-refractivity contribution is 4.75. The summed E-state index contributed by atoms with van der Waals surface area (Å²) >= 11 is 0. The summed E-state index contributed by atoms with van der Waals surface area (Å²) in [5.41, 5.74) is 0. The van der Waals surface area contributed by atoms with E-state index in [4.69, 9.17) is 0 Å². The SMILES string of the molecule is CC.CC.CC.CC.CC.CC.CC(C)N1CC1.CC(C)N1CCC1.CC(C)N1CCC1.CC(C)N1CCCC1.CC(C)N1CCCCC1.CC(C)N1CCCCCC1. The molecule has 6 nitrogen and oxygen atoms in total. The zero-order valence-electron chi connectivity index (χ0n) is 46.4. The maximum atomic E-state index is 2.59. The van der Waals surface area contributed by atoms with Crippen molar-refractivity contribution in [1.82, 2.24) is 29.4 Å². The first-order chi connectivity index (χ1) is 28.3. The van der Waals surface area contributed by atoms with Gasteiger partial charge in [-0.05, 0) is 200 Å². The van der Waals surface area contributed by atoms with E-state index in [0.29, 0.717) is 0 Å². The van der Waals surface area contributed by atoms with Crippen molar-refractivity contribution in [3.8, 4) is 0 Å². The van der Waals surface area contributed by atoms with Gasteiger partial charge in [0.25, 0.3) is 0 Å². The highest BCUT2D eigenvalue weighted by Gasteiger charge is 2.19. The van der Waals surface area contributed by atoms with Crippen LogP contribution in [0.2, 0.25) is 0 Å². The summed E-state index contributed by atoms with van der Waals surface area (Å²) in [4.78, 5) is 15.0. The molecule has 0 unspecified atom stereocenters. The summed E-state index contributed by atoms with van der Waals surface area (Å²) in [5.74, 6) is 0. The fraction of sp³-hybridized carbons (Fsp3) is 1.00. The van der Waals surface area contributed by atoms with Gasteiger partial charge in [0.2, 0.25) is 0 Å². The van der Waals surface area contributed by atoms with Gasteiger partial charge in [-0.15, -0.1) is 0 Å². The van der Waals surface area contributed by atoms with Gasteiger partial charge >= 0.3 is 0 Å². The molecule has 6 aliphatic rings. The van der Waals surface area contributed by atoms with Crippen molar-refractivity contribution in [2.45, 2.75) is 273 Å². The Bertz CT molecular complexity index is 660. The fourth-order valence-corrected chi connectivity index (χ4v) is 6.59. The normalized spacial score (nSPS) is 18.8.